The van der Waals surface area contributed by atoms with E-state index in [9.17, 15) is 14.4 Å². The van der Waals surface area contributed by atoms with E-state index in [-0.39, 0.29) is 5.91 Å². The molecule has 2 aromatic rings. The van der Waals surface area contributed by atoms with Gasteiger partial charge in [-0.1, -0.05) is 12.1 Å². The second-order valence-corrected chi connectivity index (χ2v) is 7.64. The molecule has 1 fully saturated rings. The normalized spacial score (nSPS) is 13.9. The Morgan fingerprint density at radius 2 is 1.83 bits per heavy atom. The number of carbonyl (C=O) groups is 3. The Morgan fingerprint density at radius 1 is 1.08 bits per heavy atom. The first kappa shape index (κ1) is 16.7. The van der Waals surface area contributed by atoms with Crippen molar-refractivity contribution < 1.29 is 14.4 Å². The van der Waals surface area contributed by atoms with Crippen LogP contribution in [0.25, 0.3) is 0 Å². The second kappa shape index (κ2) is 7.14. The van der Waals surface area contributed by atoms with Crippen LogP contribution in [0.1, 0.15) is 32.9 Å². The van der Waals surface area contributed by atoms with Gasteiger partial charge in [-0.15, -0.1) is 11.3 Å². The first-order valence-electron chi connectivity index (χ1n) is 7.31. The Morgan fingerprint density at radius 3 is 2.50 bits per heavy atom. The maximum absolute atomic E-state index is 12.4. The van der Waals surface area contributed by atoms with Gasteiger partial charge in [0.1, 0.15) is 0 Å². The van der Waals surface area contributed by atoms with Gasteiger partial charge in [0.15, 0.2) is 0 Å². The van der Waals surface area contributed by atoms with Gasteiger partial charge in [-0.2, -0.15) is 0 Å². The highest BCUT2D eigenvalue weighted by Crippen LogP contribution is 2.25. The molecule has 0 radical (unpaired) electrons. The number of carbonyl (C=O) groups excluding carboxylic acids is 3. The number of nitrogens with zero attached hydrogens (tertiary/aromatic N) is 1. The predicted octanol–water partition coefficient (Wildman–Crippen LogP) is 2.71. The molecule has 124 valence electrons. The van der Waals surface area contributed by atoms with Crippen molar-refractivity contribution in [2.24, 2.45) is 0 Å². The van der Waals surface area contributed by atoms with Crippen LogP contribution in [0.4, 0.5) is 5.69 Å². The molecule has 2 N–H and O–H groups in total. The molecule has 24 heavy (non-hydrogen) atoms. The summed E-state index contributed by atoms with van der Waals surface area (Å²) in [6, 6.07) is 10.3. The largest absolute Gasteiger partial charge is 0.312 e. The average molecular weight is 408 g/mol. The van der Waals surface area contributed by atoms with E-state index in [1.165, 1.54) is 11.3 Å². The summed E-state index contributed by atoms with van der Waals surface area (Å²) in [5.74, 6) is -0.856. The van der Waals surface area contributed by atoms with E-state index >= 15 is 0 Å². The Labute approximate surface area is 150 Å². The zero-order valence-electron chi connectivity index (χ0n) is 12.5. The van der Waals surface area contributed by atoms with Crippen LogP contribution < -0.4 is 15.8 Å². The minimum atomic E-state index is -0.464. The molecule has 1 aliphatic heterocycles. The van der Waals surface area contributed by atoms with Crippen LogP contribution in [-0.2, 0) is 4.79 Å². The standard InChI is InChI=1S/C16H14BrN3O3S/c17-13-8-7-12(24-13)16(23)19-18-15(22)10-4-1-2-5-11(10)20-9-3-6-14(20)21/h1-2,4-5,7-8H,3,6,9H2,(H,18,22)(H,19,23). The van der Waals surface area contributed by atoms with Crippen molar-refractivity contribution in [2.45, 2.75) is 12.8 Å². The summed E-state index contributed by atoms with van der Waals surface area (Å²) in [6.45, 7) is 0.596. The van der Waals surface area contributed by atoms with Crippen molar-refractivity contribution in [2.75, 3.05) is 11.4 Å². The molecule has 0 aliphatic carbocycles. The second-order valence-electron chi connectivity index (χ2n) is 5.18. The maximum Gasteiger partial charge on any atom is 0.279 e. The van der Waals surface area contributed by atoms with E-state index in [1.807, 2.05) is 0 Å². The van der Waals surface area contributed by atoms with Crippen LogP contribution in [0.3, 0.4) is 0 Å². The summed E-state index contributed by atoms with van der Waals surface area (Å²) in [5, 5.41) is 0. The average Bonchev–Trinajstić information content (AvgIpc) is 3.20. The van der Waals surface area contributed by atoms with E-state index in [4.69, 9.17) is 0 Å². The van der Waals surface area contributed by atoms with Gasteiger partial charge >= 0.3 is 0 Å². The number of hydrogen-bond acceptors (Lipinski definition) is 4. The molecule has 0 saturated carbocycles. The van der Waals surface area contributed by atoms with Crippen LogP contribution in [0.5, 0.6) is 0 Å². The number of amides is 3. The lowest BCUT2D eigenvalue weighted by Gasteiger charge is -2.19. The molecule has 0 spiro atoms. The molecule has 3 rings (SSSR count). The number of halogens is 1. The molecule has 1 aromatic carbocycles. The van der Waals surface area contributed by atoms with Gasteiger partial charge in [-0.05, 0) is 46.6 Å². The molecule has 1 aromatic heterocycles. The minimum absolute atomic E-state index is 0.00252. The fourth-order valence-corrected chi connectivity index (χ4v) is 3.76. The molecule has 1 saturated heterocycles. The van der Waals surface area contributed by atoms with Gasteiger partial charge in [0.05, 0.1) is 19.9 Å². The van der Waals surface area contributed by atoms with Gasteiger partial charge < -0.3 is 4.90 Å². The number of nitrogens with one attached hydrogen (secondary N) is 2. The molecular weight excluding hydrogens is 394 g/mol. The van der Waals surface area contributed by atoms with Crippen LogP contribution in [0, 0.1) is 0 Å². The lowest BCUT2D eigenvalue weighted by Crippen LogP contribution is -2.42. The van der Waals surface area contributed by atoms with Crippen molar-refractivity contribution in [3.05, 3.63) is 50.6 Å². The fraction of sp³-hybridized carbons (Fsp3) is 0.188. The molecule has 6 nitrogen and oxygen atoms in total. The molecule has 3 amide bonds. The van der Waals surface area contributed by atoms with Crippen molar-refractivity contribution in [1.82, 2.24) is 10.9 Å². The zero-order valence-corrected chi connectivity index (χ0v) is 14.9. The highest BCUT2D eigenvalue weighted by atomic mass is 79.9. The molecular formula is C16H14BrN3O3S. The van der Waals surface area contributed by atoms with Crippen LogP contribution in [0.15, 0.2) is 40.2 Å². The predicted molar refractivity (Wildman–Crippen MR) is 95.0 cm³/mol. The van der Waals surface area contributed by atoms with Gasteiger partial charge in [-0.3, -0.25) is 25.2 Å². The van der Waals surface area contributed by atoms with Gasteiger partial charge in [0.25, 0.3) is 11.8 Å². The van der Waals surface area contributed by atoms with Crippen LogP contribution in [0.2, 0.25) is 0 Å². The van der Waals surface area contributed by atoms with E-state index in [0.717, 1.165) is 10.2 Å². The molecule has 0 unspecified atom stereocenters. The lowest BCUT2D eigenvalue weighted by molar-refractivity contribution is -0.117. The number of rotatable bonds is 3. The zero-order chi connectivity index (χ0) is 17.1. The Kier molecular flexibility index (Phi) is 4.96. The molecule has 2 heterocycles. The van der Waals surface area contributed by atoms with Crippen molar-refractivity contribution >= 4 is 50.7 Å². The van der Waals surface area contributed by atoms with Crippen LogP contribution >= 0.6 is 27.3 Å². The third kappa shape index (κ3) is 3.49. The summed E-state index contributed by atoms with van der Waals surface area (Å²) in [5.41, 5.74) is 5.70. The number of hydrogen-bond donors (Lipinski definition) is 2. The monoisotopic (exact) mass is 407 g/mol. The summed E-state index contributed by atoms with van der Waals surface area (Å²) >= 11 is 4.55. The van der Waals surface area contributed by atoms with Crippen molar-refractivity contribution in [3.63, 3.8) is 0 Å². The number of benzene rings is 1. The van der Waals surface area contributed by atoms with Gasteiger partial charge in [0, 0.05) is 13.0 Å². The number of para-hydroxylation sites is 1. The third-order valence-electron chi connectivity index (χ3n) is 3.60. The van der Waals surface area contributed by atoms with E-state index in [2.05, 4.69) is 26.8 Å². The highest BCUT2D eigenvalue weighted by molar-refractivity contribution is 9.11. The summed E-state index contributed by atoms with van der Waals surface area (Å²) in [4.78, 5) is 38.4. The summed E-state index contributed by atoms with van der Waals surface area (Å²) in [7, 11) is 0. The maximum atomic E-state index is 12.4. The Bertz CT molecular complexity index is 805. The molecule has 0 atom stereocenters. The fourth-order valence-electron chi connectivity index (χ4n) is 2.48. The quantitative estimate of drug-likeness (QED) is 0.767. The van der Waals surface area contributed by atoms with E-state index < -0.39 is 11.8 Å². The first-order valence-corrected chi connectivity index (χ1v) is 8.92. The van der Waals surface area contributed by atoms with Gasteiger partial charge in [-0.25, -0.2) is 0 Å². The number of anilines is 1. The Balaban J connectivity index is 1.71. The highest BCUT2D eigenvalue weighted by Gasteiger charge is 2.25. The minimum Gasteiger partial charge on any atom is -0.312 e. The summed E-state index contributed by atoms with van der Waals surface area (Å²) in [6.07, 6.45) is 1.26. The van der Waals surface area contributed by atoms with Crippen molar-refractivity contribution in [1.29, 1.82) is 0 Å². The molecule has 8 heteroatoms. The van der Waals surface area contributed by atoms with E-state index in [1.54, 1.807) is 41.3 Å². The third-order valence-corrected chi connectivity index (χ3v) is 5.22. The molecule has 1 aliphatic rings. The Hall–Kier alpha value is -2.19. The first-order chi connectivity index (χ1) is 11.6. The topological polar surface area (TPSA) is 78.5 Å². The summed E-state index contributed by atoms with van der Waals surface area (Å²) < 4.78 is 0.830. The smallest absolute Gasteiger partial charge is 0.279 e. The van der Waals surface area contributed by atoms with Crippen molar-refractivity contribution in [3.8, 4) is 0 Å². The van der Waals surface area contributed by atoms with Gasteiger partial charge in [0.2, 0.25) is 5.91 Å². The molecule has 0 bridgehead atoms. The SMILES string of the molecule is O=C(NNC(=O)c1ccccc1N1CCCC1=O)c1ccc(Br)s1. The number of thiophene rings is 1. The number of hydrazine groups is 1. The lowest BCUT2D eigenvalue weighted by atomic mass is 10.1. The van der Waals surface area contributed by atoms with E-state index in [0.29, 0.717) is 29.1 Å². The van der Waals surface area contributed by atoms with Crippen LogP contribution in [-0.4, -0.2) is 24.3 Å².